The smallest absolute Gasteiger partial charge is 0.0781 e. The molecule has 1 rings (SSSR count). The third kappa shape index (κ3) is 6.88. The van der Waals surface area contributed by atoms with Crippen molar-refractivity contribution >= 4 is 0 Å². The van der Waals surface area contributed by atoms with Gasteiger partial charge in [0.25, 0.3) is 0 Å². The number of hydrogen-bond donors (Lipinski definition) is 2. The molecule has 1 heterocycles. The number of epoxide rings is 1. The largest absolute Gasteiger partial charge is 0.396 e. The summed E-state index contributed by atoms with van der Waals surface area (Å²) in [6, 6.07) is 0. The molecule has 15 heavy (non-hydrogen) atoms. The summed E-state index contributed by atoms with van der Waals surface area (Å²) in [4.78, 5) is 0. The summed E-state index contributed by atoms with van der Waals surface area (Å²) in [6.07, 6.45) is 4.49. The number of aliphatic hydroxyl groups is 2. The molecular weight excluding hydrogens is 192 g/mol. The van der Waals surface area contributed by atoms with Crippen LogP contribution in [0.5, 0.6) is 0 Å². The van der Waals surface area contributed by atoms with E-state index in [1.807, 2.05) is 0 Å². The molecule has 0 amide bonds. The maximum atomic E-state index is 9.08. The molecule has 1 aliphatic heterocycles. The van der Waals surface area contributed by atoms with Gasteiger partial charge in [0.05, 0.1) is 25.9 Å². The molecule has 2 N–H and O–H groups in total. The van der Waals surface area contributed by atoms with E-state index in [1.165, 1.54) is 0 Å². The Labute approximate surface area is 93.5 Å². The first-order valence-electron chi connectivity index (χ1n) is 5.97. The van der Waals surface area contributed by atoms with Crippen LogP contribution in [0, 0.1) is 5.41 Å². The molecule has 0 aliphatic carbocycles. The molecule has 1 unspecified atom stereocenters. The second-order valence-electron chi connectivity index (χ2n) is 4.46. The third-order valence-corrected chi connectivity index (χ3v) is 2.73. The van der Waals surface area contributed by atoms with Crippen LogP contribution in [0.1, 0.15) is 46.5 Å². The summed E-state index contributed by atoms with van der Waals surface area (Å²) in [5.74, 6) is 0. The van der Waals surface area contributed by atoms with Crippen molar-refractivity contribution in [3.8, 4) is 0 Å². The maximum Gasteiger partial charge on any atom is 0.0781 e. The van der Waals surface area contributed by atoms with Gasteiger partial charge >= 0.3 is 0 Å². The van der Waals surface area contributed by atoms with Gasteiger partial charge in [0.2, 0.25) is 0 Å². The first-order valence-corrected chi connectivity index (χ1v) is 5.97. The van der Waals surface area contributed by atoms with Crippen LogP contribution in [0.4, 0.5) is 0 Å². The van der Waals surface area contributed by atoms with E-state index >= 15 is 0 Å². The number of rotatable bonds is 6. The lowest BCUT2D eigenvalue weighted by atomic mass is 9.81. The molecule has 0 aromatic carbocycles. The van der Waals surface area contributed by atoms with E-state index in [9.17, 15) is 0 Å². The van der Waals surface area contributed by atoms with Crippen LogP contribution in [0.2, 0.25) is 0 Å². The van der Waals surface area contributed by atoms with Crippen molar-refractivity contribution in [1.82, 2.24) is 0 Å². The lowest BCUT2D eigenvalue weighted by Gasteiger charge is -2.28. The summed E-state index contributed by atoms with van der Waals surface area (Å²) < 4.78 is 4.71. The quantitative estimate of drug-likeness (QED) is 0.670. The van der Waals surface area contributed by atoms with E-state index in [2.05, 4.69) is 20.8 Å². The van der Waals surface area contributed by atoms with Crippen LogP contribution in [0.15, 0.2) is 0 Å². The average Bonchev–Trinajstić information content (AvgIpc) is 3.01. The fraction of sp³-hybridized carbons (Fsp3) is 1.00. The monoisotopic (exact) mass is 218 g/mol. The van der Waals surface area contributed by atoms with Crippen LogP contribution < -0.4 is 0 Å². The molecule has 0 saturated carbocycles. The van der Waals surface area contributed by atoms with Crippen LogP contribution in [0.25, 0.3) is 0 Å². The molecule has 1 aliphatic rings. The molecule has 0 radical (unpaired) electrons. The molecule has 92 valence electrons. The van der Waals surface area contributed by atoms with Crippen LogP contribution in [-0.2, 0) is 4.74 Å². The Morgan fingerprint density at radius 2 is 1.47 bits per heavy atom. The topological polar surface area (TPSA) is 53.0 Å². The van der Waals surface area contributed by atoms with E-state index in [0.717, 1.165) is 32.3 Å². The predicted octanol–water partition coefficient (Wildman–Crippen LogP) is 1.96. The first kappa shape index (κ1) is 14.9. The van der Waals surface area contributed by atoms with Crippen molar-refractivity contribution in [2.24, 2.45) is 5.41 Å². The van der Waals surface area contributed by atoms with Gasteiger partial charge in [-0.15, -0.1) is 0 Å². The highest BCUT2D eigenvalue weighted by atomic mass is 16.6. The average molecular weight is 218 g/mol. The van der Waals surface area contributed by atoms with Crippen molar-refractivity contribution in [2.75, 3.05) is 19.8 Å². The number of hydrogen-bond acceptors (Lipinski definition) is 3. The standard InChI is InChI=1S/C9H20O2.C3H6O/c1-3-5-9(7-10,8-11)6-4-2;1-3-2-4-3/h10-11H,3-8H2,1-2H3;3H,2H2,1H3. The van der Waals surface area contributed by atoms with E-state index in [4.69, 9.17) is 14.9 Å². The normalized spacial score (nSPS) is 19.4. The summed E-state index contributed by atoms with van der Waals surface area (Å²) in [5.41, 5.74) is -0.205. The van der Waals surface area contributed by atoms with Gasteiger partial charge in [0.1, 0.15) is 0 Å². The molecule has 1 saturated heterocycles. The minimum absolute atomic E-state index is 0.116. The van der Waals surface area contributed by atoms with Gasteiger partial charge in [-0.3, -0.25) is 0 Å². The molecule has 1 fully saturated rings. The summed E-state index contributed by atoms with van der Waals surface area (Å²) in [7, 11) is 0. The van der Waals surface area contributed by atoms with E-state index in [1.54, 1.807) is 0 Å². The summed E-state index contributed by atoms with van der Waals surface area (Å²) in [6.45, 7) is 7.43. The van der Waals surface area contributed by atoms with Gasteiger partial charge in [0, 0.05) is 5.41 Å². The Hall–Kier alpha value is -0.120. The minimum atomic E-state index is -0.205. The third-order valence-electron chi connectivity index (χ3n) is 2.73. The maximum absolute atomic E-state index is 9.08. The number of aliphatic hydroxyl groups excluding tert-OH is 2. The summed E-state index contributed by atoms with van der Waals surface area (Å²) >= 11 is 0. The Morgan fingerprint density at radius 1 is 1.13 bits per heavy atom. The first-order chi connectivity index (χ1) is 7.14. The van der Waals surface area contributed by atoms with Gasteiger partial charge in [0.15, 0.2) is 0 Å². The lowest BCUT2D eigenvalue weighted by Crippen LogP contribution is -2.29. The highest BCUT2D eigenvalue weighted by Crippen LogP contribution is 2.28. The molecule has 0 aromatic heterocycles. The van der Waals surface area contributed by atoms with Crippen LogP contribution in [0.3, 0.4) is 0 Å². The second-order valence-corrected chi connectivity index (χ2v) is 4.46. The van der Waals surface area contributed by atoms with Crippen molar-refractivity contribution in [1.29, 1.82) is 0 Å². The van der Waals surface area contributed by atoms with Crippen molar-refractivity contribution in [2.45, 2.75) is 52.6 Å². The molecule has 0 aromatic rings. The van der Waals surface area contributed by atoms with E-state index in [0.29, 0.717) is 6.10 Å². The molecule has 0 bridgehead atoms. The van der Waals surface area contributed by atoms with Gasteiger partial charge in [-0.25, -0.2) is 0 Å². The van der Waals surface area contributed by atoms with E-state index in [-0.39, 0.29) is 18.6 Å². The fourth-order valence-electron chi connectivity index (χ4n) is 1.65. The highest BCUT2D eigenvalue weighted by Gasteiger charge is 2.26. The molecule has 0 spiro atoms. The van der Waals surface area contributed by atoms with Crippen molar-refractivity contribution in [3.05, 3.63) is 0 Å². The zero-order chi connectivity index (χ0) is 11.7. The molecule has 1 atom stereocenters. The van der Waals surface area contributed by atoms with Crippen molar-refractivity contribution in [3.63, 3.8) is 0 Å². The minimum Gasteiger partial charge on any atom is -0.396 e. The zero-order valence-corrected chi connectivity index (χ0v) is 10.3. The van der Waals surface area contributed by atoms with Crippen LogP contribution in [-0.4, -0.2) is 36.1 Å². The molecular formula is C12H26O3. The fourth-order valence-corrected chi connectivity index (χ4v) is 1.65. The molecule has 3 nitrogen and oxygen atoms in total. The Kier molecular flexibility index (Phi) is 8.02. The lowest BCUT2D eigenvalue weighted by molar-refractivity contribution is 0.0385. The summed E-state index contributed by atoms with van der Waals surface area (Å²) in [5, 5.41) is 18.2. The highest BCUT2D eigenvalue weighted by molar-refractivity contribution is 4.76. The van der Waals surface area contributed by atoms with Gasteiger partial charge < -0.3 is 14.9 Å². The van der Waals surface area contributed by atoms with Gasteiger partial charge in [-0.2, -0.15) is 0 Å². The van der Waals surface area contributed by atoms with Gasteiger partial charge in [-0.05, 0) is 19.8 Å². The Morgan fingerprint density at radius 3 is 1.60 bits per heavy atom. The van der Waals surface area contributed by atoms with E-state index < -0.39 is 0 Å². The molecule has 3 heteroatoms. The van der Waals surface area contributed by atoms with Gasteiger partial charge in [-0.1, -0.05) is 26.7 Å². The predicted molar refractivity (Wildman–Crippen MR) is 61.8 cm³/mol. The second kappa shape index (κ2) is 8.08. The van der Waals surface area contributed by atoms with Crippen LogP contribution >= 0.6 is 0 Å². The zero-order valence-electron chi connectivity index (χ0n) is 10.3. The van der Waals surface area contributed by atoms with Crippen molar-refractivity contribution < 1.29 is 14.9 Å². The Bertz CT molecular complexity index is 132. The Balaban J connectivity index is 0.000000401. The SMILES string of the molecule is CC1CO1.CCCC(CO)(CO)CCC. The number of ether oxygens (including phenoxy) is 1.